The highest BCUT2D eigenvalue weighted by Gasteiger charge is 2.30. The van der Waals surface area contributed by atoms with E-state index in [1.165, 1.54) is 12.1 Å². The summed E-state index contributed by atoms with van der Waals surface area (Å²) in [5.41, 5.74) is 3.17. The van der Waals surface area contributed by atoms with Crippen molar-refractivity contribution in [1.29, 1.82) is 0 Å². The predicted octanol–water partition coefficient (Wildman–Crippen LogP) is 3.17. The van der Waals surface area contributed by atoms with Crippen LogP contribution in [0.2, 0.25) is 0 Å². The lowest BCUT2D eigenvalue weighted by atomic mass is 10.00. The number of aryl methyl sites for hydroxylation is 1. The van der Waals surface area contributed by atoms with Crippen LogP contribution >= 0.6 is 12.4 Å². The summed E-state index contributed by atoms with van der Waals surface area (Å²) in [6, 6.07) is 5.27. The van der Waals surface area contributed by atoms with E-state index in [0.717, 1.165) is 47.6 Å². The molecule has 0 fully saturated rings. The second kappa shape index (κ2) is 5.69. The standard InChI is InChI=1S/C14H14F3N3.ClH/c1-20-13(11-6-7-18-8-12(11)19-20)9-2-4-10(5-3-9)14(15,16)17;/h2-5,18H,6-8H2,1H3;1H. The normalized spacial score (nSPS) is 14.5. The molecule has 0 unspecified atom stereocenters. The molecule has 0 saturated carbocycles. The molecule has 0 atom stereocenters. The van der Waals surface area contributed by atoms with Crippen LogP contribution in [0.1, 0.15) is 16.8 Å². The maximum Gasteiger partial charge on any atom is 0.416 e. The number of hydrogen-bond acceptors (Lipinski definition) is 2. The molecule has 1 aliphatic rings. The Morgan fingerprint density at radius 2 is 1.86 bits per heavy atom. The van der Waals surface area contributed by atoms with Crippen molar-refractivity contribution in [3.63, 3.8) is 0 Å². The summed E-state index contributed by atoms with van der Waals surface area (Å²) in [5.74, 6) is 0. The number of nitrogens with one attached hydrogen (secondary N) is 1. The van der Waals surface area contributed by atoms with E-state index in [9.17, 15) is 13.2 Å². The zero-order valence-electron chi connectivity index (χ0n) is 11.4. The first-order chi connectivity index (χ1) is 9.47. The van der Waals surface area contributed by atoms with Gasteiger partial charge in [-0.25, -0.2) is 0 Å². The highest BCUT2D eigenvalue weighted by atomic mass is 35.5. The van der Waals surface area contributed by atoms with E-state index in [2.05, 4.69) is 10.4 Å². The van der Waals surface area contributed by atoms with Gasteiger partial charge in [-0.2, -0.15) is 18.3 Å². The number of rotatable bonds is 1. The van der Waals surface area contributed by atoms with Gasteiger partial charge in [0.05, 0.1) is 17.0 Å². The SMILES string of the molecule is Cl.Cn1nc2c(c1-c1ccc(C(F)(F)F)cc1)CCNC2. The second-order valence-electron chi connectivity index (χ2n) is 4.90. The van der Waals surface area contributed by atoms with Crippen LogP contribution in [0.25, 0.3) is 11.3 Å². The van der Waals surface area contributed by atoms with Gasteiger partial charge in [-0.05, 0) is 25.1 Å². The summed E-state index contributed by atoms with van der Waals surface area (Å²) in [5, 5.41) is 7.67. The van der Waals surface area contributed by atoms with E-state index in [1.807, 2.05) is 7.05 Å². The molecule has 7 heteroatoms. The predicted molar refractivity (Wildman–Crippen MR) is 76.3 cm³/mol. The van der Waals surface area contributed by atoms with Crippen molar-refractivity contribution < 1.29 is 13.2 Å². The van der Waals surface area contributed by atoms with Crippen LogP contribution in [0.4, 0.5) is 13.2 Å². The molecule has 0 radical (unpaired) electrons. The van der Waals surface area contributed by atoms with Gasteiger partial charge in [0.2, 0.25) is 0 Å². The van der Waals surface area contributed by atoms with Gasteiger partial charge in [-0.15, -0.1) is 12.4 Å². The number of fused-ring (bicyclic) bond motifs is 1. The monoisotopic (exact) mass is 317 g/mol. The first-order valence-corrected chi connectivity index (χ1v) is 6.40. The quantitative estimate of drug-likeness (QED) is 0.875. The van der Waals surface area contributed by atoms with E-state index in [0.29, 0.717) is 6.54 Å². The molecule has 1 aliphatic heterocycles. The lowest BCUT2D eigenvalue weighted by molar-refractivity contribution is -0.137. The minimum atomic E-state index is -4.30. The van der Waals surface area contributed by atoms with E-state index in [4.69, 9.17) is 0 Å². The highest BCUT2D eigenvalue weighted by Crippen LogP contribution is 2.32. The van der Waals surface area contributed by atoms with Gasteiger partial charge in [0.15, 0.2) is 0 Å². The van der Waals surface area contributed by atoms with Gasteiger partial charge in [0.1, 0.15) is 0 Å². The summed E-state index contributed by atoms with van der Waals surface area (Å²) in [4.78, 5) is 0. The van der Waals surface area contributed by atoms with Gasteiger partial charge in [-0.3, -0.25) is 4.68 Å². The molecule has 1 N–H and O–H groups in total. The van der Waals surface area contributed by atoms with Crippen LogP contribution in [0, 0.1) is 0 Å². The lowest BCUT2D eigenvalue weighted by Gasteiger charge is -2.13. The minimum absolute atomic E-state index is 0. The average molecular weight is 318 g/mol. The van der Waals surface area contributed by atoms with Crippen molar-refractivity contribution in [2.45, 2.75) is 19.1 Å². The molecule has 3 nitrogen and oxygen atoms in total. The molecule has 0 amide bonds. The van der Waals surface area contributed by atoms with Gasteiger partial charge in [-0.1, -0.05) is 12.1 Å². The van der Waals surface area contributed by atoms with Crippen LogP contribution < -0.4 is 5.32 Å². The maximum absolute atomic E-state index is 12.6. The molecular formula is C14H15ClF3N3. The number of alkyl halides is 3. The number of nitrogens with zero attached hydrogens (tertiary/aromatic N) is 2. The van der Waals surface area contributed by atoms with Gasteiger partial charge >= 0.3 is 6.18 Å². The molecule has 21 heavy (non-hydrogen) atoms. The molecule has 0 aliphatic carbocycles. The van der Waals surface area contributed by atoms with Crippen LogP contribution in [-0.2, 0) is 26.2 Å². The van der Waals surface area contributed by atoms with E-state index < -0.39 is 11.7 Å². The van der Waals surface area contributed by atoms with E-state index >= 15 is 0 Å². The molecule has 1 aromatic carbocycles. The van der Waals surface area contributed by atoms with E-state index in [-0.39, 0.29) is 12.4 Å². The Morgan fingerprint density at radius 3 is 2.48 bits per heavy atom. The molecule has 0 bridgehead atoms. The largest absolute Gasteiger partial charge is 0.416 e. The Morgan fingerprint density at radius 1 is 1.19 bits per heavy atom. The lowest BCUT2D eigenvalue weighted by Crippen LogP contribution is -2.23. The Hall–Kier alpha value is -1.53. The summed E-state index contributed by atoms with van der Waals surface area (Å²) in [7, 11) is 1.82. The zero-order chi connectivity index (χ0) is 14.3. The van der Waals surface area contributed by atoms with E-state index in [1.54, 1.807) is 4.68 Å². The minimum Gasteiger partial charge on any atom is -0.311 e. The molecule has 2 aromatic rings. The van der Waals surface area contributed by atoms with Crippen molar-refractivity contribution in [1.82, 2.24) is 15.1 Å². The fourth-order valence-electron chi connectivity index (χ4n) is 2.63. The topological polar surface area (TPSA) is 29.9 Å². The van der Waals surface area contributed by atoms with Crippen molar-refractivity contribution in [2.24, 2.45) is 7.05 Å². The average Bonchev–Trinajstić information content (AvgIpc) is 2.73. The number of aromatic nitrogens is 2. The van der Waals surface area contributed by atoms with Crippen LogP contribution in [-0.4, -0.2) is 16.3 Å². The fourth-order valence-corrected chi connectivity index (χ4v) is 2.63. The Kier molecular flexibility index (Phi) is 4.30. The van der Waals surface area contributed by atoms with Gasteiger partial charge in [0, 0.05) is 24.7 Å². The molecule has 0 saturated heterocycles. The zero-order valence-corrected chi connectivity index (χ0v) is 12.2. The Balaban J connectivity index is 0.00000161. The van der Waals surface area contributed by atoms with Crippen molar-refractivity contribution in [3.05, 3.63) is 41.1 Å². The summed E-state index contributed by atoms with van der Waals surface area (Å²) < 4.78 is 39.5. The third-order valence-corrected chi connectivity index (χ3v) is 3.56. The molecule has 0 spiro atoms. The summed E-state index contributed by atoms with van der Waals surface area (Å²) in [6.07, 6.45) is -3.45. The molecule has 2 heterocycles. The second-order valence-corrected chi connectivity index (χ2v) is 4.90. The summed E-state index contributed by atoms with van der Waals surface area (Å²) >= 11 is 0. The molecule has 3 rings (SSSR count). The third-order valence-electron chi connectivity index (χ3n) is 3.56. The van der Waals surface area contributed by atoms with Gasteiger partial charge < -0.3 is 5.32 Å². The van der Waals surface area contributed by atoms with Gasteiger partial charge in [0.25, 0.3) is 0 Å². The van der Waals surface area contributed by atoms with Crippen LogP contribution in [0.15, 0.2) is 24.3 Å². The third kappa shape index (κ3) is 2.91. The molecular weight excluding hydrogens is 303 g/mol. The number of hydrogen-bond donors (Lipinski definition) is 1. The van der Waals surface area contributed by atoms with Crippen LogP contribution in [0.5, 0.6) is 0 Å². The molecule has 1 aromatic heterocycles. The van der Waals surface area contributed by atoms with Crippen molar-refractivity contribution >= 4 is 12.4 Å². The van der Waals surface area contributed by atoms with Crippen molar-refractivity contribution in [2.75, 3.05) is 6.54 Å². The molecule has 114 valence electrons. The fraction of sp³-hybridized carbons (Fsp3) is 0.357. The summed E-state index contributed by atoms with van der Waals surface area (Å²) in [6.45, 7) is 1.58. The van der Waals surface area contributed by atoms with Crippen molar-refractivity contribution in [3.8, 4) is 11.3 Å². The first kappa shape index (κ1) is 15.9. The highest BCUT2D eigenvalue weighted by molar-refractivity contribution is 5.85. The first-order valence-electron chi connectivity index (χ1n) is 6.40. The number of benzene rings is 1. The Bertz CT molecular complexity index is 632. The Labute approximate surface area is 126 Å². The number of halogens is 4. The van der Waals surface area contributed by atoms with Crippen LogP contribution in [0.3, 0.4) is 0 Å². The maximum atomic E-state index is 12.6. The smallest absolute Gasteiger partial charge is 0.311 e.